The van der Waals surface area contributed by atoms with E-state index >= 15 is 0 Å². The molecule has 0 fully saturated rings. The molecule has 1 aromatic rings. The summed E-state index contributed by atoms with van der Waals surface area (Å²) in [6, 6.07) is 9.23. The molecule has 0 atom stereocenters. The molecule has 0 saturated carbocycles. The fourth-order valence-corrected chi connectivity index (χ4v) is 1.31. The van der Waals surface area contributed by atoms with Crippen molar-refractivity contribution < 1.29 is 14.3 Å². The van der Waals surface area contributed by atoms with Crippen LogP contribution in [0.2, 0.25) is 0 Å². The van der Waals surface area contributed by atoms with Gasteiger partial charge in [0.1, 0.15) is 12.4 Å². The molecule has 1 aliphatic heterocycles. The molecule has 3 heteroatoms. The molecule has 0 bridgehead atoms. The van der Waals surface area contributed by atoms with Crippen molar-refractivity contribution in [2.75, 3.05) is 13.2 Å². The molecular formula is C13H12O3. The first-order chi connectivity index (χ1) is 7.86. The van der Waals surface area contributed by atoms with Crippen molar-refractivity contribution in [3.8, 4) is 5.75 Å². The summed E-state index contributed by atoms with van der Waals surface area (Å²) >= 11 is 0. The van der Waals surface area contributed by atoms with Gasteiger partial charge in [-0.2, -0.15) is 0 Å². The van der Waals surface area contributed by atoms with E-state index < -0.39 is 0 Å². The minimum absolute atomic E-state index is 0.00366. The van der Waals surface area contributed by atoms with Gasteiger partial charge in [-0.1, -0.05) is 24.3 Å². The van der Waals surface area contributed by atoms with Crippen molar-refractivity contribution in [1.29, 1.82) is 0 Å². The molecule has 16 heavy (non-hydrogen) atoms. The molecule has 0 aliphatic carbocycles. The third-order valence-corrected chi connectivity index (χ3v) is 2.11. The largest absolute Gasteiger partial charge is 0.486 e. The molecule has 1 aliphatic rings. The van der Waals surface area contributed by atoms with Gasteiger partial charge in [0.2, 0.25) is 5.78 Å². The van der Waals surface area contributed by atoms with Crippen LogP contribution >= 0.6 is 0 Å². The van der Waals surface area contributed by atoms with E-state index in [9.17, 15) is 4.79 Å². The van der Waals surface area contributed by atoms with E-state index in [1.54, 1.807) is 12.2 Å². The summed E-state index contributed by atoms with van der Waals surface area (Å²) in [5.74, 6) is 0.898. The number of allylic oxidation sites excluding steroid dienone is 2. The molecule has 0 saturated heterocycles. The number of ether oxygens (including phenoxy) is 2. The molecule has 0 amide bonds. The zero-order chi connectivity index (χ0) is 11.2. The van der Waals surface area contributed by atoms with Gasteiger partial charge in [0.05, 0.1) is 0 Å². The van der Waals surface area contributed by atoms with Gasteiger partial charge in [-0.15, -0.1) is 0 Å². The Morgan fingerprint density at radius 1 is 1.31 bits per heavy atom. The van der Waals surface area contributed by atoms with E-state index in [1.807, 2.05) is 36.4 Å². The summed E-state index contributed by atoms with van der Waals surface area (Å²) in [6.45, 7) is 0.451. The van der Waals surface area contributed by atoms with Crippen LogP contribution in [0.25, 0.3) is 0 Å². The Morgan fingerprint density at radius 2 is 2.12 bits per heavy atom. The fraction of sp³-hybridized carbons (Fsp3) is 0.154. The quantitative estimate of drug-likeness (QED) is 0.773. The fourth-order valence-electron chi connectivity index (χ4n) is 1.31. The van der Waals surface area contributed by atoms with Crippen molar-refractivity contribution in [1.82, 2.24) is 0 Å². The number of hydrogen-bond donors (Lipinski definition) is 0. The summed E-state index contributed by atoms with van der Waals surface area (Å²) in [5.41, 5.74) is 0. The van der Waals surface area contributed by atoms with Gasteiger partial charge < -0.3 is 9.47 Å². The van der Waals surface area contributed by atoms with Gasteiger partial charge in [-0.25, -0.2) is 0 Å². The average Bonchev–Trinajstić information content (AvgIpc) is 2.38. The molecule has 0 N–H and O–H groups in total. The number of carbonyl (C=O) groups excluding carboxylic acids is 1. The molecule has 1 heterocycles. The van der Waals surface area contributed by atoms with Crippen LogP contribution in [0.4, 0.5) is 0 Å². The molecule has 3 nitrogen and oxygen atoms in total. The van der Waals surface area contributed by atoms with Crippen LogP contribution in [0.3, 0.4) is 0 Å². The number of benzene rings is 1. The van der Waals surface area contributed by atoms with Crippen LogP contribution in [0.5, 0.6) is 5.75 Å². The smallest absolute Gasteiger partial charge is 0.234 e. The lowest BCUT2D eigenvalue weighted by Gasteiger charge is -2.10. The summed E-state index contributed by atoms with van der Waals surface area (Å²) < 4.78 is 10.5. The number of ketones is 1. The first kappa shape index (κ1) is 10.5. The predicted octanol–water partition coefficient (Wildman–Crippen LogP) is 2.10. The van der Waals surface area contributed by atoms with Gasteiger partial charge in [-0.3, -0.25) is 4.79 Å². The van der Waals surface area contributed by atoms with Gasteiger partial charge in [0.15, 0.2) is 12.4 Å². The van der Waals surface area contributed by atoms with Gasteiger partial charge in [0, 0.05) is 0 Å². The topological polar surface area (TPSA) is 35.5 Å². The Hall–Kier alpha value is -2.03. The second-order valence-electron chi connectivity index (χ2n) is 3.29. The van der Waals surface area contributed by atoms with E-state index in [2.05, 4.69) is 0 Å². The zero-order valence-corrected chi connectivity index (χ0v) is 8.76. The van der Waals surface area contributed by atoms with Crippen LogP contribution in [0, 0.1) is 0 Å². The maximum Gasteiger partial charge on any atom is 0.234 e. The first-order valence-corrected chi connectivity index (χ1v) is 5.07. The van der Waals surface area contributed by atoms with E-state index in [0.717, 1.165) is 0 Å². The van der Waals surface area contributed by atoms with Crippen molar-refractivity contribution in [3.05, 3.63) is 54.3 Å². The highest BCUT2D eigenvalue weighted by Crippen LogP contribution is 2.10. The van der Waals surface area contributed by atoms with E-state index in [4.69, 9.17) is 9.47 Å². The zero-order valence-electron chi connectivity index (χ0n) is 8.76. The monoisotopic (exact) mass is 216 g/mol. The molecule has 82 valence electrons. The van der Waals surface area contributed by atoms with Crippen molar-refractivity contribution in [2.24, 2.45) is 0 Å². The van der Waals surface area contributed by atoms with Gasteiger partial charge in [-0.05, 0) is 24.3 Å². The maximum absolute atomic E-state index is 11.6. The predicted molar refractivity (Wildman–Crippen MR) is 60.1 cm³/mol. The number of carbonyl (C=O) groups is 1. The highest BCUT2D eigenvalue weighted by atomic mass is 16.5. The lowest BCUT2D eigenvalue weighted by molar-refractivity contribution is -0.120. The van der Waals surface area contributed by atoms with E-state index in [1.165, 1.54) is 0 Å². The Balaban J connectivity index is 1.89. The molecule has 0 unspecified atom stereocenters. The molecule has 2 rings (SSSR count). The molecule has 0 spiro atoms. The molecular weight excluding hydrogens is 204 g/mol. The minimum atomic E-state index is -0.145. The number of rotatable bonds is 4. The summed E-state index contributed by atoms with van der Waals surface area (Å²) in [5, 5.41) is 0. The van der Waals surface area contributed by atoms with Crippen LogP contribution < -0.4 is 4.74 Å². The summed E-state index contributed by atoms with van der Waals surface area (Å²) in [6.07, 6.45) is 5.30. The van der Waals surface area contributed by atoms with Crippen LogP contribution in [-0.2, 0) is 9.53 Å². The second kappa shape index (κ2) is 5.16. The number of para-hydroxylation sites is 1. The molecule has 0 radical (unpaired) electrons. The molecule has 0 aromatic heterocycles. The summed E-state index contributed by atoms with van der Waals surface area (Å²) in [4.78, 5) is 11.6. The van der Waals surface area contributed by atoms with Crippen LogP contribution in [-0.4, -0.2) is 19.0 Å². The minimum Gasteiger partial charge on any atom is -0.486 e. The third-order valence-electron chi connectivity index (χ3n) is 2.11. The Morgan fingerprint density at radius 3 is 2.81 bits per heavy atom. The number of hydrogen-bond acceptors (Lipinski definition) is 3. The van der Waals surface area contributed by atoms with Gasteiger partial charge in [0.25, 0.3) is 0 Å². The van der Waals surface area contributed by atoms with E-state index in [0.29, 0.717) is 18.1 Å². The average molecular weight is 216 g/mol. The lowest BCUT2D eigenvalue weighted by atomic mass is 10.2. The molecule has 1 aromatic carbocycles. The second-order valence-corrected chi connectivity index (χ2v) is 3.29. The van der Waals surface area contributed by atoms with Gasteiger partial charge >= 0.3 is 0 Å². The van der Waals surface area contributed by atoms with Crippen LogP contribution in [0.15, 0.2) is 54.3 Å². The standard InChI is InChI=1S/C13H12O3/c14-12(13-8-4-5-9-15-13)10-16-11-6-2-1-3-7-11/h1-8H,9-10H2. The normalized spacial score (nSPS) is 13.9. The van der Waals surface area contributed by atoms with Crippen molar-refractivity contribution in [3.63, 3.8) is 0 Å². The highest BCUT2D eigenvalue weighted by Gasteiger charge is 2.12. The Labute approximate surface area is 94.0 Å². The first-order valence-electron chi connectivity index (χ1n) is 5.07. The SMILES string of the molecule is O=C(COc1ccccc1)C1=CC=CCO1. The van der Waals surface area contributed by atoms with E-state index in [-0.39, 0.29) is 12.4 Å². The third kappa shape index (κ3) is 2.73. The summed E-state index contributed by atoms with van der Waals surface area (Å²) in [7, 11) is 0. The number of Topliss-reactive ketones (excluding diaryl/α,β-unsaturated/α-hetero) is 1. The highest BCUT2D eigenvalue weighted by molar-refractivity contribution is 5.95. The van der Waals surface area contributed by atoms with Crippen molar-refractivity contribution in [2.45, 2.75) is 0 Å². The maximum atomic E-state index is 11.6. The van der Waals surface area contributed by atoms with Crippen molar-refractivity contribution >= 4 is 5.78 Å². The Kier molecular flexibility index (Phi) is 3.38. The van der Waals surface area contributed by atoms with Crippen LogP contribution in [0.1, 0.15) is 0 Å². The lowest BCUT2D eigenvalue weighted by Crippen LogP contribution is -2.16. The Bertz CT molecular complexity index is 418.